The molecule has 2 rings (SSSR count). The zero-order valence-electron chi connectivity index (χ0n) is 10.4. The molecular weight excluding hydrogens is 210 g/mol. The van der Waals surface area contributed by atoms with Gasteiger partial charge in [-0.3, -0.25) is 0 Å². The molecule has 1 unspecified atom stereocenters. The van der Waals surface area contributed by atoms with E-state index in [1.807, 2.05) is 19.4 Å². The standard InChI is InChI=1S/C15H19NO/c1-12-3-5-13(6-4-12)9-15(16-2)10-14-7-8-17-11-14/h3-8,11,15-16H,9-10H2,1-2H3. The van der Waals surface area contributed by atoms with E-state index < -0.39 is 0 Å². The summed E-state index contributed by atoms with van der Waals surface area (Å²) in [5.41, 5.74) is 3.93. The Morgan fingerprint density at radius 1 is 1.06 bits per heavy atom. The van der Waals surface area contributed by atoms with Crippen LogP contribution >= 0.6 is 0 Å². The first-order chi connectivity index (χ1) is 8.28. The number of hydrogen-bond donors (Lipinski definition) is 1. The summed E-state index contributed by atoms with van der Waals surface area (Å²) in [6, 6.07) is 11.2. The highest BCUT2D eigenvalue weighted by molar-refractivity contribution is 5.22. The fourth-order valence-corrected chi connectivity index (χ4v) is 1.98. The Balaban J connectivity index is 1.97. The van der Waals surface area contributed by atoms with Gasteiger partial charge in [0.1, 0.15) is 0 Å². The van der Waals surface area contributed by atoms with Gasteiger partial charge in [-0.05, 0) is 44.0 Å². The quantitative estimate of drug-likeness (QED) is 0.852. The van der Waals surface area contributed by atoms with Crippen molar-refractivity contribution in [2.24, 2.45) is 0 Å². The third-order valence-corrected chi connectivity index (χ3v) is 3.07. The average Bonchev–Trinajstić information content (AvgIpc) is 2.84. The normalized spacial score (nSPS) is 12.6. The van der Waals surface area contributed by atoms with Gasteiger partial charge in [-0.2, -0.15) is 0 Å². The second-order valence-electron chi connectivity index (χ2n) is 4.51. The van der Waals surface area contributed by atoms with Gasteiger partial charge in [-0.15, -0.1) is 0 Å². The molecule has 2 nitrogen and oxygen atoms in total. The molecular formula is C15H19NO. The van der Waals surface area contributed by atoms with Crippen molar-refractivity contribution in [2.75, 3.05) is 7.05 Å². The smallest absolute Gasteiger partial charge is 0.0935 e. The fraction of sp³-hybridized carbons (Fsp3) is 0.333. The summed E-state index contributed by atoms with van der Waals surface area (Å²) >= 11 is 0. The monoisotopic (exact) mass is 229 g/mol. The van der Waals surface area contributed by atoms with Gasteiger partial charge in [0.05, 0.1) is 12.5 Å². The molecule has 0 radical (unpaired) electrons. The molecule has 1 aromatic carbocycles. The minimum Gasteiger partial charge on any atom is -0.472 e. The van der Waals surface area contributed by atoms with E-state index in [0.717, 1.165) is 12.8 Å². The van der Waals surface area contributed by atoms with Crippen LogP contribution in [0.2, 0.25) is 0 Å². The molecule has 1 heterocycles. The van der Waals surface area contributed by atoms with Gasteiger partial charge in [-0.1, -0.05) is 29.8 Å². The van der Waals surface area contributed by atoms with Crippen molar-refractivity contribution in [3.8, 4) is 0 Å². The second-order valence-corrected chi connectivity index (χ2v) is 4.51. The first-order valence-corrected chi connectivity index (χ1v) is 6.02. The van der Waals surface area contributed by atoms with Crippen LogP contribution in [0.25, 0.3) is 0 Å². The molecule has 1 aromatic heterocycles. The predicted octanol–water partition coefficient (Wildman–Crippen LogP) is 2.96. The lowest BCUT2D eigenvalue weighted by Gasteiger charge is -2.15. The summed E-state index contributed by atoms with van der Waals surface area (Å²) < 4.78 is 5.10. The third-order valence-electron chi connectivity index (χ3n) is 3.07. The van der Waals surface area contributed by atoms with Crippen LogP contribution in [0.15, 0.2) is 47.3 Å². The SMILES string of the molecule is CNC(Cc1ccc(C)cc1)Cc1ccoc1. The molecule has 17 heavy (non-hydrogen) atoms. The highest BCUT2D eigenvalue weighted by atomic mass is 16.3. The fourth-order valence-electron chi connectivity index (χ4n) is 1.98. The van der Waals surface area contributed by atoms with Gasteiger partial charge in [0.25, 0.3) is 0 Å². The van der Waals surface area contributed by atoms with Crippen molar-refractivity contribution in [3.05, 3.63) is 59.5 Å². The van der Waals surface area contributed by atoms with E-state index in [-0.39, 0.29) is 0 Å². The van der Waals surface area contributed by atoms with Crippen LogP contribution in [0.3, 0.4) is 0 Å². The molecule has 0 amide bonds. The van der Waals surface area contributed by atoms with E-state index in [1.165, 1.54) is 16.7 Å². The Labute approximate surface area is 103 Å². The molecule has 90 valence electrons. The first kappa shape index (κ1) is 11.9. The van der Waals surface area contributed by atoms with Crippen LogP contribution in [-0.4, -0.2) is 13.1 Å². The maximum Gasteiger partial charge on any atom is 0.0935 e. The van der Waals surface area contributed by atoms with Crippen molar-refractivity contribution >= 4 is 0 Å². The third kappa shape index (κ3) is 3.46. The molecule has 0 fully saturated rings. The van der Waals surface area contributed by atoms with Crippen molar-refractivity contribution in [3.63, 3.8) is 0 Å². The van der Waals surface area contributed by atoms with Gasteiger partial charge in [0.2, 0.25) is 0 Å². The number of aryl methyl sites for hydroxylation is 1. The molecule has 2 aromatic rings. The van der Waals surface area contributed by atoms with E-state index in [2.05, 4.69) is 36.5 Å². The molecule has 1 N–H and O–H groups in total. The Morgan fingerprint density at radius 3 is 2.35 bits per heavy atom. The first-order valence-electron chi connectivity index (χ1n) is 6.02. The number of nitrogens with one attached hydrogen (secondary N) is 1. The van der Waals surface area contributed by atoms with E-state index in [0.29, 0.717) is 6.04 Å². The lowest BCUT2D eigenvalue weighted by atomic mass is 10.00. The summed E-state index contributed by atoms with van der Waals surface area (Å²) in [5.74, 6) is 0. The largest absolute Gasteiger partial charge is 0.472 e. The topological polar surface area (TPSA) is 25.2 Å². The lowest BCUT2D eigenvalue weighted by Crippen LogP contribution is -2.29. The summed E-state index contributed by atoms with van der Waals surface area (Å²) in [6.07, 6.45) is 5.59. The van der Waals surface area contributed by atoms with Crippen LogP contribution < -0.4 is 5.32 Å². The van der Waals surface area contributed by atoms with E-state index >= 15 is 0 Å². The minimum absolute atomic E-state index is 0.454. The molecule has 0 saturated carbocycles. The summed E-state index contributed by atoms with van der Waals surface area (Å²) in [5, 5.41) is 3.36. The maximum absolute atomic E-state index is 5.10. The molecule has 1 atom stereocenters. The molecule has 2 heteroatoms. The van der Waals surface area contributed by atoms with Crippen LogP contribution in [0.5, 0.6) is 0 Å². The predicted molar refractivity (Wildman–Crippen MR) is 70.1 cm³/mol. The van der Waals surface area contributed by atoms with Gasteiger partial charge in [0.15, 0.2) is 0 Å². The molecule has 0 aliphatic heterocycles. The van der Waals surface area contributed by atoms with Crippen molar-refractivity contribution in [1.82, 2.24) is 5.32 Å². The van der Waals surface area contributed by atoms with Crippen LogP contribution in [0, 0.1) is 6.92 Å². The number of hydrogen-bond acceptors (Lipinski definition) is 2. The van der Waals surface area contributed by atoms with Crippen LogP contribution in [-0.2, 0) is 12.8 Å². The second kappa shape index (κ2) is 5.69. The Morgan fingerprint density at radius 2 is 1.76 bits per heavy atom. The molecule has 0 saturated heterocycles. The van der Waals surface area contributed by atoms with Crippen LogP contribution in [0.1, 0.15) is 16.7 Å². The lowest BCUT2D eigenvalue weighted by molar-refractivity contribution is 0.538. The summed E-state index contributed by atoms with van der Waals surface area (Å²) in [7, 11) is 2.01. The molecule has 0 bridgehead atoms. The zero-order chi connectivity index (χ0) is 12.1. The molecule has 0 aliphatic rings. The van der Waals surface area contributed by atoms with Gasteiger partial charge >= 0.3 is 0 Å². The van der Waals surface area contributed by atoms with Gasteiger partial charge in [-0.25, -0.2) is 0 Å². The van der Waals surface area contributed by atoms with Crippen molar-refractivity contribution in [2.45, 2.75) is 25.8 Å². The summed E-state index contributed by atoms with van der Waals surface area (Å²) in [6.45, 7) is 2.12. The summed E-state index contributed by atoms with van der Waals surface area (Å²) in [4.78, 5) is 0. The van der Waals surface area contributed by atoms with Crippen molar-refractivity contribution < 1.29 is 4.42 Å². The molecule has 0 aliphatic carbocycles. The van der Waals surface area contributed by atoms with E-state index in [1.54, 1.807) is 6.26 Å². The van der Waals surface area contributed by atoms with Gasteiger partial charge in [0, 0.05) is 6.04 Å². The maximum atomic E-state index is 5.10. The van der Waals surface area contributed by atoms with Crippen molar-refractivity contribution in [1.29, 1.82) is 0 Å². The van der Waals surface area contributed by atoms with E-state index in [9.17, 15) is 0 Å². The Bertz CT molecular complexity index is 430. The number of likely N-dealkylation sites (N-methyl/N-ethyl adjacent to an activating group) is 1. The Hall–Kier alpha value is -1.54. The number of rotatable bonds is 5. The zero-order valence-corrected chi connectivity index (χ0v) is 10.4. The van der Waals surface area contributed by atoms with E-state index in [4.69, 9.17) is 4.42 Å². The highest BCUT2D eigenvalue weighted by Crippen LogP contribution is 2.10. The van der Waals surface area contributed by atoms with Crippen LogP contribution in [0.4, 0.5) is 0 Å². The minimum atomic E-state index is 0.454. The highest BCUT2D eigenvalue weighted by Gasteiger charge is 2.09. The Kier molecular flexibility index (Phi) is 3.99. The molecule has 0 spiro atoms. The van der Waals surface area contributed by atoms with Gasteiger partial charge < -0.3 is 9.73 Å². The number of benzene rings is 1. The number of furan rings is 1. The average molecular weight is 229 g/mol.